The second kappa shape index (κ2) is 5.64. The third kappa shape index (κ3) is 2.73. The van der Waals surface area contributed by atoms with E-state index in [1.165, 1.54) is 0 Å². The molecule has 0 saturated carbocycles. The first-order chi connectivity index (χ1) is 6.79. The summed E-state index contributed by atoms with van der Waals surface area (Å²) < 4.78 is 0. The van der Waals surface area contributed by atoms with Gasteiger partial charge < -0.3 is 4.90 Å². The Morgan fingerprint density at radius 1 is 1.64 bits per heavy atom. The van der Waals surface area contributed by atoms with Crippen LogP contribution in [0.5, 0.6) is 0 Å². The smallest absolute Gasteiger partial charge is 0.222 e. The molecule has 0 spiro atoms. The Morgan fingerprint density at radius 3 is 3.07 bits per heavy atom. The fourth-order valence-electron chi connectivity index (χ4n) is 1.96. The number of nitriles is 1. The summed E-state index contributed by atoms with van der Waals surface area (Å²) in [6, 6.07) is 2.49. The van der Waals surface area contributed by atoms with Crippen molar-refractivity contribution in [1.29, 1.82) is 5.26 Å². The maximum atomic E-state index is 11.5. The predicted molar refractivity (Wildman–Crippen MR) is 54.5 cm³/mol. The molecule has 1 amide bonds. The summed E-state index contributed by atoms with van der Waals surface area (Å²) in [6.45, 7) is 3.01. The van der Waals surface area contributed by atoms with Crippen molar-refractivity contribution in [3.05, 3.63) is 0 Å². The Labute approximate surface area is 85.7 Å². The molecule has 0 aliphatic carbocycles. The lowest BCUT2D eigenvalue weighted by Gasteiger charge is -2.23. The van der Waals surface area contributed by atoms with E-state index < -0.39 is 0 Å². The average Bonchev–Trinajstić information content (AvgIpc) is 2.53. The van der Waals surface area contributed by atoms with Crippen molar-refractivity contribution in [3.63, 3.8) is 0 Å². The summed E-state index contributed by atoms with van der Waals surface area (Å²) in [7, 11) is 0. The highest BCUT2D eigenvalue weighted by Gasteiger charge is 2.29. The average molecular weight is 194 g/mol. The summed E-state index contributed by atoms with van der Waals surface area (Å²) in [5.74, 6) is 0.279. The number of rotatable bonds is 5. The van der Waals surface area contributed by atoms with Gasteiger partial charge in [-0.3, -0.25) is 4.79 Å². The van der Waals surface area contributed by atoms with Crippen LogP contribution in [0.25, 0.3) is 0 Å². The molecular formula is C11H18N2O. The van der Waals surface area contributed by atoms with Crippen molar-refractivity contribution >= 4 is 5.91 Å². The van der Waals surface area contributed by atoms with Crippen LogP contribution in [0.2, 0.25) is 0 Å². The molecule has 3 heteroatoms. The van der Waals surface area contributed by atoms with Gasteiger partial charge in [0, 0.05) is 25.4 Å². The summed E-state index contributed by atoms with van der Waals surface area (Å²) in [5, 5.41) is 8.50. The van der Waals surface area contributed by atoms with Crippen molar-refractivity contribution < 1.29 is 4.79 Å². The van der Waals surface area contributed by atoms with Gasteiger partial charge in [-0.1, -0.05) is 13.3 Å². The van der Waals surface area contributed by atoms with Gasteiger partial charge in [0.15, 0.2) is 0 Å². The van der Waals surface area contributed by atoms with E-state index in [1.54, 1.807) is 0 Å². The second-order valence-electron chi connectivity index (χ2n) is 3.83. The highest BCUT2D eigenvalue weighted by molar-refractivity contribution is 5.78. The Bertz CT molecular complexity index is 232. The van der Waals surface area contributed by atoms with Crippen molar-refractivity contribution in [2.75, 3.05) is 6.54 Å². The topological polar surface area (TPSA) is 44.1 Å². The van der Waals surface area contributed by atoms with E-state index in [9.17, 15) is 4.79 Å². The number of hydrogen-bond acceptors (Lipinski definition) is 2. The minimum atomic E-state index is 0.279. The van der Waals surface area contributed by atoms with Gasteiger partial charge in [-0.15, -0.1) is 0 Å². The molecular weight excluding hydrogens is 176 g/mol. The maximum absolute atomic E-state index is 11.5. The molecule has 1 aliphatic rings. The first-order valence-electron chi connectivity index (χ1n) is 5.46. The normalized spacial score (nSPS) is 21.3. The van der Waals surface area contributed by atoms with Gasteiger partial charge in [-0.2, -0.15) is 5.26 Å². The molecule has 0 radical (unpaired) electrons. The molecule has 0 bridgehead atoms. The lowest BCUT2D eigenvalue weighted by Crippen LogP contribution is -2.33. The van der Waals surface area contributed by atoms with E-state index in [-0.39, 0.29) is 5.91 Å². The van der Waals surface area contributed by atoms with E-state index >= 15 is 0 Å². The maximum Gasteiger partial charge on any atom is 0.222 e. The highest BCUT2D eigenvalue weighted by atomic mass is 16.2. The Hall–Kier alpha value is -1.04. The van der Waals surface area contributed by atoms with Crippen LogP contribution in [0.4, 0.5) is 0 Å². The van der Waals surface area contributed by atoms with Gasteiger partial charge in [0.2, 0.25) is 5.91 Å². The number of nitrogens with zero attached hydrogens (tertiary/aromatic N) is 2. The van der Waals surface area contributed by atoms with Crippen LogP contribution in [0.1, 0.15) is 45.4 Å². The Balaban J connectivity index is 2.41. The van der Waals surface area contributed by atoms with Crippen LogP contribution in [0.15, 0.2) is 0 Å². The predicted octanol–water partition coefficient (Wildman–Crippen LogP) is 2.08. The van der Waals surface area contributed by atoms with Gasteiger partial charge in [-0.25, -0.2) is 0 Å². The quantitative estimate of drug-likeness (QED) is 0.672. The number of unbranched alkanes of at least 4 members (excludes halogenated alkanes) is 1. The van der Waals surface area contributed by atoms with Crippen LogP contribution in [0.3, 0.4) is 0 Å². The zero-order valence-electron chi connectivity index (χ0n) is 8.83. The highest BCUT2D eigenvalue weighted by Crippen LogP contribution is 2.22. The summed E-state index contributed by atoms with van der Waals surface area (Å²) in [6.07, 6.45) is 5.25. The largest absolute Gasteiger partial charge is 0.340 e. The molecule has 1 heterocycles. The molecule has 3 nitrogen and oxygen atoms in total. The Morgan fingerprint density at radius 2 is 2.43 bits per heavy atom. The molecule has 0 N–H and O–H groups in total. The zero-order valence-corrected chi connectivity index (χ0v) is 8.83. The van der Waals surface area contributed by atoms with Crippen molar-refractivity contribution in [2.24, 2.45) is 0 Å². The van der Waals surface area contributed by atoms with E-state index in [4.69, 9.17) is 5.26 Å². The number of hydrogen-bond donors (Lipinski definition) is 0. The van der Waals surface area contributed by atoms with Crippen LogP contribution in [-0.4, -0.2) is 23.4 Å². The Kier molecular flexibility index (Phi) is 4.45. The van der Waals surface area contributed by atoms with E-state index in [1.807, 2.05) is 4.90 Å². The molecule has 1 rings (SSSR count). The summed E-state index contributed by atoms with van der Waals surface area (Å²) in [5.41, 5.74) is 0. The lowest BCUT2D eigenvalue weighted by molar-refractivity contribution is -0.129. The SMILES string of the molecule is CCCCN1C(=O)CCC1CCC#N. The minimum Gasteiger partial charge on any atom is -0.340 e. The van der Waals surface area contributed by atoms with Crippen molar-refractivity contribution in [2.45, 2.75) is 51.5 Å². The van der Waals surface area contributed by atoms with Crippen molar-refractivity contribution in [1.82, 2.24) is 4.90 Å². The summed E-state index contributed by atoms with van der Waals surface area (Å²) in [4.78, 5) is 13.5. The fraction of sp³-hybridized carbons (Fsp3) is 0.818. The lowest BCUT2D eigenvalue weighted by atomic mass is 10.1. The van der Waals surface area contributed by atoms with E-state index in [0.29, 0.717) is 18.9 Å². The summed E-state index contributed by atoms with van der Waals surface area (Å²) >= 11 is 0. The van der Waals surface area contributed by atoms with Crippen LogP contribution >= 0.6 is 0 Å². The van der Waals surface area contributed by atoms with E-state index in [0.717, 1.165) is 32.2 Å². The third-order valence-corrected chi connectivity index (χ3v) is 2.79. The number of amides is 1. The van der Waals surface area contributed by atoms with Gasteiger partial charge in [0.25, 0.3) is 0 Å². The minimum absolute atomic E-state index is 0.279. The monoisotopic (exact) mass is 194 g/mol. The molecule has 0 aromatic rings. The molecule has 14 heavy (non-hydrogen) atoms. The fourth-order valence-corrected chi connectivity index (χ4v) is 1.96. The molecule has 1 atom stereocenters. The molecule has 0 aromatic heterocycles. The van der Waals surface area contributed by atoms with Crippen LogP contribution in [-0.2, 0) is 4.79 Å². The van der Waals surface area contributed by atoms with Gasteiger partial charge >= 0.3 is 0 Å². The first-order valence-corrected chi connectivity index (χ1v) is 5.46. The molecule has 78 valence electrons. The van der Waals surface area contributed by atoms with Gasteiger partial charge in [0.1, 0.15) is 0 Å². The molecule has 1 fully saturated rings. The first kappa shape index (κ1) is 11.0. The van der Waals surface area contributed by atoms with Gasteiger partial charge in [-0.05, 0) is 19.3 Å². The number of carbonyl (C=O) groups excluding carboxylic acids is 1. The molecule has 0 aromatic carbocycles. The number of carbonyl (C=O) groups is 1. The zero-order chi connectivity index (χ0) is 10.4. The van der Waals surface area contributed by atoms with Crippen LogP contribution in [0, 0.1) is 11.3 Å². The molecule has 1 saturated heterocycles. The second-order valence-corrected chi connectivity index (χ2v) is 3.83. The number of likely N-dealkylation sites (tertiary alicyclic amines) is 1. The molecule has 1 unspecified atom stereocenters. The third-order valence-electron chi connectivity index (χ3n) is 2.79. The standard InChI is InChI=1S/C11H18N2O/c1-2-3-9-13-10(5-4-8-12)6-7-11(13)14/h10H,2-7,9H2,1H3. The molecule has 1 aliphatic heterocycles. The van der Waals surface area contributed by atoms with Gasteiger partial charge in [0.05, 0.1) is 6.07 Å². The van der Waals surface area contributed by atoms with E-state index in [2.05, 4.69) is 13.0 Å². The van der Waals surface area contributed by atoms with Crippen molar-refractivity contribution in [3.8, 4) is 6.07 Å². The van der Waals surface area contributed by atoms with Crippen LogP contribution < -0.4 is 0 Å².